The van der Waals surface area contributed by atoms with E-state index >= 15 is 0 Å². The van der Waals surface area contributed by atoms with Gasteiger partial charge in [0.2, 0.25) is 5.88 Å². The molecule has 0 N–H and O–H groups in total. The summed E-state index contributed by atoms with van der Waals surface area (Å²) in [5, 5.41) is 1.24. The summed E-state index contributed by atoms with van der Waals surface area (Å²) < 4.78 is 5.53. The first-order chi connectivity index (χ1) is 12.4. The fraction of sp³-hybridized carbons (Fsp3) is 0.444. The molecule has 8 heteroatoms. The van der Waals surface area contributed by atoms with Gasteiger partial charge in [0, 0.05) is 23.7 Å². The molecular weight excluding hydrogens is 372 g/mol. The lowest BCUT2D eigenvalue weighted by molar-refractivity contribution is -0.135. The van der Waals surface area contributed by atoms with Crippen LogP contribution in [0.25, 0.3) is 0 Å². The summed E-state index contributed by atoms with van der Waals surface area (Å²) in [5.74, 6) is 0.725. The molecule has 0 saturated carbocycles. The van der Waals surface area contributed by atoms with Gasteiger partial charge in [0.15, 0.2) is 5.16 Å². The number of likely N-dealkylation sites (N-methyl/N-ethyl adjacent to an activating group) is 1. The first kappa shape index (κ1) is 19.1. The third-order valence-electron chi connectivity index (χ3n) is 4.10. The van der Waals surface area contributed by atoms with Crippen LogP contribution in [-0.4, -0.2) is 46.5 Å². The van der Waals surface area contributed by atoms with Gasteiger partial charge in [-0.3, -0.25) is 14.7 Å². The largest absolute Gasteiger partial charge is 0.406 e. The Balaban J connectivity index is 1.80. The van der Waals surface area contributed by atoms with Crippen molar-refractivity contribution in [1.29, 1.82) is 0 Å². The summed E-state index contributed by atoms with van der Waals surface area (Å²) in [7, 11) is 3.65. The van der Waals surface area contributed by atoms with Crippen LogP contribution in [0.4, 0.5) is 0 Å². The number of hydrogen-bond donors (Lipinski definition) is 0. The monoisotopic (exact) mass is 392 g/mol. The van der Waals surface area contributed by atoms with E-state index in [2.05, 4.69) is 15.0 Å². The molecule has 0 amide bonds. The van der Waals surface area contributed by atoms with Gasteiger partial charge in [0.05, 0.1) is 17.3 Å². The molecule has 1 aliphatic rings. The van der Waals surface area contributed by atoms with Gasteiger partial charge >= 0.3 is 5.97 Å². The van der Waals surface area contributed by atoms with E-state index in [1.54, 1.807) is 17.3 Å². The van der Waals surface area contributed by atoms with Gasteiger partial charge in [-0.1, -0.05) is 23.4 Å². The third-order valence-corrected chi connectivity index (χ3v) is 5.30. The molecule has 2 heterocycles. The second-order valence-electron chi connectivity index (χ2n) is 6.51. The maximum absolute atomic E-state index is 12.0. The van der Waals surface area contributed by atoms with E-state index in [1.807, 2.05) is 21.0 Å². The van der Waals surface area contributed by atoms with Crippen LogP contribution in [0.5, 0.6) is 5.88 Å². The van der Waals surface area contributed by atoms with Crippen molar-refractivity contribution in [1.82, 2.24) is 19.9 Å². The Morgan fingerprint density at radius 3 is 2.85 bits per heavy atom. The molecule has 0 radical (unpaired) electrons. The minimum absolute atomic E-state index is 0.215. The summed E-state index contributed by atoms with van der Waals surface area (Å²) in [6.07, 6.45) is 6.17. The fourth-order valence-electron chi connectivity index (χ4n) is 2.80. The standard InChI is InChI=1S/C18H21ClN4O2S/c1-11-7-20-8-14(19)13(11)10-26-18-21-15-6-4-5-12(15)17(22-18)25-16(24)9-23(2)3/h7-8H,4-6,9-10H2,1-3H3. The number of hydrogen-bond acceptors (Lipinski definition) is 7. The van der Waals surface area contributed by atoms with Crippen molar-refractivity contribution in [3.8, 4) is 5.88 Å². The van der Waals surface area contributed by atoms with Crippen molar-refractivity contribution >= 4 is 29.3 Å². The highest BCUT2D eigenvalue weighted by atomic mass is 35.5. The lowest BCUT2D eigenvalue weighted by Crippen LogP contribution is -2.26. The number of pyridine rings is 1. The van der Waals surface area contributed by atoms with Crippen molar-refractivity contribution in [2.24, 2.45) is 0 Å². The summed E-state index contributed by atoms with van der Waals surface area (Å²) in [6.45, 7) is 2.19. The molecule has 3 rings (SSSR count). The lowest BCUT2D eigenvalue weighted by atomic mass is 10.2. The summed E-state index contributed by atoms with van der Waals surface area (Å²) >= 11 is 7.73. The van der Waals surface area contributed by atoms with Crippen LogP contribution in [0.2, 0.25) is 5.02 Å². The van der Waals surface area contributed by atoms with Crippen molar-refractivity contribution < 1.29 is 9.53 Å². The van der Waals surface area contributed by atoms with Gasteiger partial charge in [0.25, 0.3) is 0 Å². The molecule has 2 aromatic heterocycles. The predicted molar refractivity (Wildman–Crippen MR) is 102 cm³/mol. The molecular formula is C18H21ClN4O2S. The number of ether oxygens (including phenoxy) is 1. The number of nitrogens with zero attached hydrogens (tertiary/aromatic N) is 4. The van der Waals surface area contributed by atoms with Crippen molar-refractivity contribution in [3.63, 3.8) is 0 Å². The van der Waals surface area contributed by atoms with Gasteiger partial charge in [-0.25, -0.2) is 4.98 Å². The Kier molecular flexibility index (Phi) is 6.11. The minimum atomic E-state index is -0.313. The van der Waals surface area contributed by atoms with Crippen LogP contribution >= 0.6 is 23.4 Å². The number of fused-ring (bicyclic) bond motifs is 1. The Labute approximate surface area is 162 Å². The first-order valence-electron chi connectivity index (χ1n) is 8.41. The molecule has 0 atom stereocenters. The average molecular weight is 393 g/mol. The maximum atomic E-state index is 12.0. The van der Waals surface area contributed by atoms with Crippen molar-refractivity contribution in [3.05, 3.63) is 39.8 Å². The molecule has 0 saturated heterocycles. The molecule has 1 aliphatic carbocycles. The molecule has 6 nitrogen and oxygen atoms in total. The zero-order chi connectivity index (χ0) is 18.7. The number of carbonyl (C=O) groups is 1. The van der Waals surface area contributed by atoms with Crippen LogP contribution in [0.15, 0.2) is 17.6 Å². The van der Waals surface area contributed by atoms with E-state index in [0.29, 0.717) is 21.8 Å². The van der Waals surface area contributed by atoms with E-state index in [1.165, 1.54) is 11.8 Å². The Bertz CT molecular complexity index is 809. The summed E-state index contributed by atoms with van der Waals surface area (Å²) in [6, 6.07) is 0. The quantitative estimate of drug-likeness (QED) is 0.425. The van der Waals surface area contributed by atoms with Crippen molar-refractivity contribution in [2.45, 2.75) is 37.1 Å². The zero-order valence-corrected chi connectivity index (χ0v) is 16.7. The number of halogens is 1. The highest BCUT2D eigenvalue weighted by Gasteiger charge is 2.23. The number of rotatable bonds is 6. The van der Waals surface area contributed by atoms with Crippen LogP contribution in [0.1, 0.15) is 28.8 Å². The second kappa shape index (κ2) is 8.33. The minimum Gasteiger partial charge on any atom is -0.406 e. The highest BCUT2D eigenvalue weighted by Crippen LogP contribution is 2.32. The van der Waals surface area contributed by atoms with E-state index in [0.717, 1.165) is 41.6 Å². The normalized spacial score (nSPS) is 13.1. The molecule has 2 aromatic rings. The van der Waals surface area contributed by atoms with Crippen LogP contribution in [-0.2, 0) is 23.4 Å². The second-order valence-corrected chi connectivity index (χ2v) is 7.86. The van der Waals surface area contributed by atoms with E-state index in [4.69, 9.17) is 16.3 Å². The number of thioether (sulfide) groups is 1. The van der Waals surface area contributed by atoms with E-state index in [-0.39, 0.29) is 12.5 Å². The number of carbonyl (C=O) groups excluding carboxylic acids is 1. The fourth-order valence-corrected chi connectivity index (χ4v) is 4.13. The van der Waals surface area contributed by atoms with Gasteiger partial charge in [-0.2, -0.15) is 4.98 Å². The average Bonchev–Trinajstić information content (AvgIpc) is 3.02. The van der Waals surface area contributed by atoms with Crippen LogP contribution in [0, 0.1) is 6.92 Å². The molecule has 26 heavy (non-hydrogen) atoms. The smallest absolute Gasteiger partial charge is 0.326 e. The van der Waals surface area contributed by atoms with Gasteiger partial charge in [-0.05, 0) is 51.4 Å². The Morgan fingerprint density at radius 1 is 1.31 bits per heavy atom. The van der Waals surface area contributed by atoms with Gasteiger partial charge in [-0.15, -0.1) is 0 Å². The molecule has 138 valence electrons. The maximum Gasteiger partial charge on any atom is 0.326 e. The highest BCUT2D eigenvalue weighted by molar-refractivity contribution is 7.98. The molecule has 0 unspecified atom stereocenters. The molecule has 0 aromatic carbocycles. The predicted octanol–water partition coefficient (Wildman–Crippen LogP) is 3.08. The SMILES string of the molecule is Cc1cncc(Cl)c1CSc1nc2c(c(OC(=O)CN(C)C)n1)CCC2. The molecule has 0 spiro atoms. The number of aryl methyl sites for hydroxylation is 2. The van der Waals surface area contributed by atoms with Crippen molar-refractivity contribution in [2.75, 3.05) is 20.6 Å². The van der Waals surface area contributed by atoms with Crippen LogP contribution in [0.3, 0.4) is 0 Å². The van der Waals surface area contributed by atoms with E-state index < -0.39 is 0 Å². The lowest BCUT2D eigenvalue weighted by Gasteiger charge is -2.12. The molecule has 0 bridgehead atoms. The molecule has 0 fully saturated rings. The topological polar surface area (TPSA) is 68.2 Å². The number of aromatic nitrogens is 3. The summed E-state index contributed by atoms with van der Waals surface area (Å²) in [4.78, 5) is 27.0. The third kappa shape index (κ3) is 4.52. The summed E-state index contributed by atoms with van der Waals surface area (Å²) in [5.41, 5.74) is 3.98. The number of esters is 1. The van der Waals surface area contributed by atoms with Gasteiger partial charge in [0.1, 0.15) is 0 Å². The van der Waals surface area contributed by atoms with Gasteiger partial charge < -0.3 is 4.74 Å². The first-order valence-corrected chi connectivity index (χ1v) is 9.77. The zero-order valence-electron chi connectivity index (χ0n) is 15.1. The Hall–Kier alpha value is -1.70. The van der Waals surface area contributed by atoms with Crippen LogP contribution < -0.4 is 4.74 Å². The molecule has 0 aliphatic heterocycles. The van der Waals surface area contributed by atoms with E-state index in [9.17, 15) is 4.79 Å². The Morgan fingerprint density at radius 2 is 2.12 bits per heavy atom.